The maximum Gasteiger partial charge on any atom is 0.122 e. The number of hydrogen-bond donors (Lipinski definition) is 0. The molecule has 0 radical (unpaired) electrons. The second-order valence-corrected chi connectivity index (χ2v) is 4.84. The fourth-order valence-electron chi connectivity index (χ4n) is 1.35. The normalized spacial score (nSPS) is 10.0. The monoisotopic (exact) mass is 272 g/mol. The van der Waals surface area contributed by atoms with E-state index in [-0.39, 0.29) is 0 Å². The van der Waals surface area contributed by atoms with Crippen molar-refractivity contribution in [2.75, 3.05) is 7.11 Å². The van der Waals surface area contributed by atoms with Gasteiger partial charge >= 0.3 is 0 Å². The third kappa shape index (κ3) is 2.79. The summed E-state index contributed by atoms with van der Waals surface area (Å²) in [5.41, 5.74) is 2.36. The molecule has 14 heavy (non-hydrogen) atoms. The summed E-state index contributed by atoms with van der Waals surface area (Å²) >= 11 is 8.60. The Morgan fingerprint density at radius 1 is 1.50 bits per heavy atom. The molecule has 0 saturated heterocycles. The van der Waals surface area contributed by atoms with Crippen LogP contribution in [-0.4, -0.2) is 12.0 Å². The van der Waals surface area contributed by atoms with E-state index in [0.29, 0.717) is 0 Å². The summed E-state index contributed by atoms with van der Waals surface area (Å²) in [6.45, 7) is 3.99. The second-order valence-electron chi connectivity index (χ2n) is 3.29. The largest absolute Gasteiger partial charge is 0.496 e. The predicted octanol–water partition coefficient (Wildman–Crippen LogP) is 3.70. The zero-order valence-electron chi connectivity index (χ0n) is 8.56. The van der Waals surface area contributed by atoms with E-state index in [1.165, 1.54) is 5.56 Å². The Bertz CT molecular complexity index is 361. The van der Waals surface area contributed by atoms with E-state index in [4.69, 9.17) is 17.0 Å². The van der Waals surface area contributed by atoms with Gasteiger partial charge in [0.15, 0.2) is 0 Å². The minimum Gasteiger partial charge on any atom is -0.496 e. The molecule has 1 aromatic carbocycles. The lowest BCUT2D eigenvalue weighted by Crippen LogP contribution is -1.97. The van der Waals surface area contributed by atoms with E-state index in [1.807, 2.05) is 19.9 Å². The fraction of sp³-hybridized carbons (Fsp3) is 0.364. The molecule has 0 aliphatic carbocycles. The van der Waals surface area contributed by atoms with Gasteiger partial charge in [-0.3, -0.25) is 0 Å². The summed E-state index contributed by atoms with van der Waals surface area (Å²) in [5, 5.41) is 0. The quantitative estimate of drug-likeness (QED) is 0.777. The number of halogens is 1. The van der Waals surface area contributed by atoms with Gasteiger partial charge in [-0.25, -0.2) is 0 Å². The van der Waals surface area contributed by atoms with Gasteiger partial charge in [0, 0.05) is 10.9 Å². The van der Waals surface area contributed by atoms with Crippen LogP contribution in [0, 0.1) is 6.92 Å². The van der Waals surface area contributed by atoms with Crippen LogP contribution in [0.5, 0.6) is 5.75 Å². The molecule has 0 heterocycles. The highest BCUT2D eigenvalue weighted by Gasteiger charge is 2.06. The van der Waals surface area contributed by atoms with Crippen LogP contribution in [0.15, 0.2) is 16.6 Å². The van der Waals surface area contributed by atoms with Crippen molar-refractivity contribution in [3.63, 3.8) is 0 Å². The highest BCUT2D eigenvalue weighted by Crippen LogP contribution is 2.27. The molecule has 0 aliphatic rings. The van der Waals surface area contributed by atoms with Crippen LogP contribution in [0.25, 0.3) is 0 Å². The number of benzene rings is 1. The number of rotatable bonds is 3. The molecule has 0 bridgehead atoms. The minimum atomic E-state index is 0.834. The highest BCUT2D eigenvalue weighted by molar-refractivity contribution is 9.10. The van der Waals surface area contributed by atoms with Crippen LogP contribution >= 0.6 is 28.1 Å². The summed E-state index contributed by atoms with van der Waals surface area (Å²) in [5.74, 6) is 0.905. The average molecular weight is 273 g/mol. The number of thiocarbonyl (C=S) groups is 1. The minimum absolute atomic E-state index is 0.834. The zero-order chi connectivity index (χ0) is 10.7. The summed E-state index contributed by atoms with van der Waals surface area (Å²) in [7, 11) is 1.68. The molecule has 3 heteroatoms. The third-order valence-corrected chi connectivity index (χ3v) is 2.89. The Morgan fingerprint density at radius 2 is 2.14 bits per heavy atom. The predicted molar refractivity (Wildman–Crippen MR) is 67.4 cm³/mol. The average Bonchev–Trinajstić information content (AvgIpc) is 2.10. The Labute approximate surface area is 98.6 Å². The van der Waals surface area contributed by atoms with Gasteiger partial charge in [0.1, 0.15) is 5.75 Å². The van der Waals surface area contributed by atoms with Gasteiger partial charge in [0.2, 0.25) is 0 Å². The number of ether oxygens (including phenoxy) is 1. The van der Waals surface area contributed by atoms with Crippen molar-refractivity contribution in [3.8, 4) is 5.75 Å². The SMILES string of the molecule is COc1cc(Br)c(CC(C)=S)cc1C. The molecule has 0 atom stereocenters. The summed E-state index contributed by atoms with van der Waals surface area (Å²) in [4.78, 5) is 0.996. The van der Waals surface area contributed by atoms with Crippen molar-refractivity contribution in [2.24, 2.45) is 0 Å². The van der Waals surface area contributed by atoms with Crippen molar-refractivity contribution in [1.29, 1.82) is 0 Å². The van der Waals surface area contributed by atoms with Gasteiger partial charge in [0.05, 0.1) is 7.11 Å². The number of aryl methyl sites for hydroxylation is 1. The summed E-state index contributed by atoms with van der Waals surface area (Å²) < 4.78 is 6.28. The molecule has 0 aliphatic heterocycles. The van der Waals surface area contributed by atoms with Crippen molar-refractivity contribution in [3.05, 3.63) is 27.7 Å². The Kier molecular flexibility index (Phi) is 4.08. The lowest BCUT2D eigenvalue weighted by atomic mass is 10.1. The number of hydrogen-bond acceptors (Lipinski definition) is 2. The van der Waals surface area contributed by atoms with Gasteiger partial charge in [0.25, 0.3) is 0 Å². The van der Waals surface area contributed by atoms with Crippen molar-refractivity contribution < 1.29 is 4.74 Å². The van der Waals surface area contributed by atoms with Crippen molar-refractivity contribution in [2.45, 2.75) is 20.3 Å². The van der Waals surface area contributed by atoms with Crippen molar-refractivity contribution in [1.82, 2.24) is 0 Å². The van der Waals surface area contributed by atoms with Gasteiger partial charge in [-0.15, -0.1) is 0 Å². The molecule has 0 spiro atoms. The molecular formula is C11H13BrOS. The first-order chi connectivity index (χ1) is 6.54. The Hall–Kier alpha value is -0.410. The standard InChI is InChI=1S/C11H13BrOS/c1-7-4-9(5-8(2)14)10(12)6-11(7)13-3/h4,6H,5H2,1-3H3. The smallest absolute Gasteiger partial charge is 0.122 e. The molecule has 0 aromatic heterocycles. The van der Waals surface area contributed by atoms with Crippen molar-refractivity contribution >= 4 is 33.0 Å². The van der Waals surface area contributed by atoms with Gasteiger partial charge < -0.3 is 4.74 Å². The Morgan fingerprint density at radius 3 is 2.64 bits per heavy atom. The van der Waals surface area contributed by atoms with E-state index in [2.05, 4.69) is 22.0 Å². The molecule has 0 unspecified atom stereocenters. The van der Waals surface area contributed by atoms with E-state index >= 15 is 0 Å². The molecule has 76 valence electrons. The maximum atomic E-state index is 5.22. The first-order valence-corrected chi connectivity index (χ1v) is 5.57. The molecule has 1 aromatic rings. The van der Waals surface area contributed by atoms with Crippen LogP contribution in [0.4, 0.5) is 0 Å². The van der Waals surface area contributed by atoms with Crippen LogP contribution in [0.3, 0.4) is 0 Å². The molecular weight excluding hydrogens is 260 g/mol. The van der Waals surface area contributed by atoms with Gasteiger partial charge in [-0.2, -0.15) is 0 Å². The number of methoxy groups -OCH3 is 1. The summed E-state index contributed by atoms with van der Waals surface area (Å²) in [6.07, 6.45) is 0.834. The molecule has 0 saturated carbocycles. The first-order valence-electron chi connectivity index (χ1n) is 4.37. The van der Waals surface area contributed by atoms with Crippen LogP contribution in [-0.2, 0) is 6.42 Å². The van der Waals surface area contributed by atoms with E-state index in [9.17, 15) is 0 Å². The molecule has 0 fully saturated rings. The van der Waals surface area contributed by atoms with Crippen LogP contribution in [0.2, 0.25) is 0 Å². The lowest BCUT2D eigenvalue weighted by Gasteiger charge is -2.09. The van der Waals surface area contributed by atoms with E-state index < -0.39 is 0 Å². The highest BCUT2D eigenvalue weighted by atomic mass is 79.9. The molecule has 1 rings (SSSR count). The molecule has 1 nitrogen and oxygen atoms in total. The third-order valence-electron chi connectivity index (χ3n) is 2.00. The fourth-order valence-corrected chi connectivity index (χ4v) is 1.96. The zero-order valence-corrected chi connectivity index (χ0v) is 11.0. The Balaban J connectivity index is 3.08. The van der Waals surface area contributed by atoms with E-state index in [0.717, 1.165) is 27.1 Å². The summed E-state index contributed by atoms with van der Waals surface area (Å²) in [6, 6.07) is 4.10. The van der Waals surface area contributed by atoms with Gasteiger partial charge in [-0.1, -0.05) is 34.2 Å². The molecule has 0 N–H and O–H groups in total. The van der Waals surface area contributed by atoms with Crippen LogP contribution in [0.1, 0.15) is 18.1 Å². The molecule has 0 amide bonds. The van der Waals surface area contributed by atoms with Crippen LogP contribution < -0.4 is 4.74 Å². The van der Waals surface area contributed by atoms with Gasteiger partial charge in [-0.05, 0) is 35.9 Å². The topological polar surface area (TPSA) is 9.23 Å². The lowest BCUT2D eigenvalue weighted by molar-refractivity contribution is 0.411. The second kappa shape index (κ2) is 4.89. The first kappa shape index (κ1) is 11.7. The van der Waals surface area contributed by atoms with E-state index in [1.54, 1.807) is 7.11 Å². The maximum absolute atomic E-state index is 5.22.